The summed E-state index contributed by atoms with van der Waals surface area (Å²) >= 11 is 0. The van der Waals surface area contributed by atoms with E-state index in [1.807, 2.05) is 24.3 Å². The number of nitrogen functional groups attached to an aromatic ring is 1. The Labute approximate surface area is 94.1 Å². The Morgan fingerprint density at radius 2 is 1.94 bits per heavy atom. The number of nitrogens with zero attached hydrogens (tertiary/aromatic N) is 2. The van der Waals surface area contributed by atoms with Gasteiger partial charge in [-0.1, -0.05) is 12.1 Å². The number of ether oxygens (including phenoxy) is 1. The quantitative estimate of drug-likeness (QED) is 0.845. The van der Waals surface area contributed by atoms with Crippen LogP contribution in [-0.2, 0) is 6.42 Å². The molecule has 0 spiro atoms. The second-order valence-electron chi connectivity index (χ2n) is 3.42. The van der Waals surface area contributed by atoms with E-state index in [4.69, 9.17) is 10.5 Å². The zero-order chi connectivity index (χ0) is 11.4. The number of hydrogen-bond acceptors (Lipinski definition) is 4. The second-order valence-corrected chi connectivity index (χ2v) is 3.42. The standard InChI is InChI=1S/C12H13N3O/c1-16-10-4-2-9(3-5-10)8-12-14-7-6-11(13)15-12/h2-7H,8H2,1H3,(H2,13,14,15). The second kappa shape index (κ2) is 4.61. The molecule has 1 aromatic heterocycles. The Balaban J connectivity index is 2.14. The molecule has 2 rings (SSSR count). The van der Waals surface area contributed by atoms with Gasteiger partial charge in [-0.3, -0.25) is 0 Å². The highest BCUT2D eigenvalue weighted by atomic mass is 16.5. The Bertz CT molecular complexity index is 468. The van der Waals surface area contributed by atoms with Gasteiger partial charge in [0.25, 0.3) is 0 Å². The molecule has 0 amide bonds. The molecule has 4 nitrogen and oxygen atoms in total. The van der Waals surface area contributed by atoms with E-state index in [-0.39, 0.29) is 0 Å². The molecule has 0 aliphatic heterocycles. The maximum absolute atomic E-state index is 5.59. The highest BCUT2D eigenvalue weighted by molar-refractivity contribution is 5.30. The van der Waals surface area contributed by atoms with Gasteiger partial charge in [0.1, 0.15) is 17.4 Å². The molecule has 0 aliphatic carbocycles. The lowest BCUT2D eigenvalue weighted by molar-refractivity contribution is 0.414. The topological polar surface area (TPSA) is 61.0 Å². The molecule has 1 aromatic carbocycles. The van der Waals surface area contributed by atoms with E-state index < -0.39 is 0 Å². The van der Waals surface area contributed by atoms with Crippen LogP contribution in [0.5, 0.6) is 5.75 Å². The van der Waals surface area contributed by atoms with Gasteiger partial charge < -0.3 is 10.5 Å². The number of methoxy groups -OCH3 is 1. The van der Waals surface area contributed by atoms with Crippen LogP contribution < -0.4 is 10.5 Å². The lowest BCUT2D eigenvalue weighted by Gasteiger charge is -2.03. The van der Waals surface area contributed by atoms with Crippen molar-refractivity contribution in [1.29, 1.82) is 0 Å². The van der Waals surface area contributed by atoms with E-state index in [9.17, 15) is 0 Å². The van der Waals surface area contributed by atoms with Crippen LogP contribution in [-0.4, -0.2) is 17.1 Å². The highest BCUT2D eigenvalue weighted by Crippen LogP contribution is 2.13. The summed E-state index contributed by atoms with van der Waals surface area (Å²) in [6.45, 7) is 0. The molecule has 0 bridgehead atoms. The lowest BCUT2D eigenvalue weighted by atomic mass is 10.1. The number of benzene rings is 1. The minimum absolute atomic E-state index is 0.499. The minimum Gasteiger partial charge on any atom is -0.497 e. The van der Waals surface area contributed by atoms with E-state index >= 15 is 0 Å². The fraction of sp³-hybridized carbons (Fsp3) is 0.167. The maximum Gasteiger partial charge on any atom is 0.135 e. The van der Waals surface area contributed by atoms with Crippen molar-refractivity contribution in [1.82, 2.24) is 9.97 Å². The van der Waals surface area contributed by atoms with Crippen molar-refractivity contribution in [3.63, 3.8) is 0 Å². The summed E-state index contributed by atoms with van der Waals surface area (Å²) in [6, 6.07) is 9.50. The number of nitrogens with two attached hydrogens (primary N) is 1. The third-order valence-corrected chi connectivity index (χ3v) is 2.25. The molecule has 0 saturated heterocycles. The van der Waals surface area contributed by atoms with Crippen molar-refractivity contribution >= 4 is 5.82 Å². The van der Waals surface area contributed by atoms with Gasteiger partial charge in [0.05, 0.1) is 7.11 Å². The molecule has 0 unspecified atom stereocenters. The van der Waals surface area contributed by atoms with Gasteiger partial charge >= 0.3 is 0 Å². The fourth-order valence-electron chi connectivity index (χ4n) is 1.43. The molecule has 2 aromatic rings. The summed E-state index contributed by atoms with van der Waals surface area (Å²) in [4.78, 5) is 8.30. The Kier molecular flexibility index (Phi) is 3.00. The average Bonchev–Trinajstić information content (AvgIpc) is 2.30. The SMILES string of the molecule is COc1ccc(Cc2nccc(N)n2)cc1. The van der Waals surface area contributed by atoms with Gasteiger partial charge in [0, 0.05) is 12.6 Å². The van der Waals surface area contributed by atoms with Crippen molar-refractivity contribution in [3.05, 3.63) is 47.9 Å². The molecule has 0 saturated carbocycles. The summed E-state index contributed by atoms with van der Waals surface area (Å²) < 4.78 is 5.09. The Hall–Kier alpha value is -2.10. The van der Waals surface area contributed by atoms with E-state index in [1.165, 1.54) is 0 Å². The van der Waals surface area contributed by atoms with Crippen molar-refractivity contribution in [3.8, 4) is 5.75 Å². The first-order chi connectivity index (χ1) is 7.78. The summed E-state index contributed by atoms with van der Waals surface area (Å²) in [6.07, 6.45) is 2.34. The minimum atomic E-state index is 0.499. The zero-order valence-electron chi connectivity index (χ0n) is 9.05. The highest BCUT2D eigenvalue weighted by Gasteiger charge is 2.00. The predicted molar refractivity (Wildman–Crippen MR) is 62.2 cm³/mol. The Morgan fingerprint density at radius 1 is 1.19 bits per heavy atom. The van der Waals surface area contributed by atoms with Gasteiger partial charge in [0.15, 0.2) is 0 Å². The van der Waals surface area contributed by atoms with Gasteiger partial charge in [-0.25, -0.2) is 9.97 Å². The van der Waals surface area contributed by atoms with E-state index in [0.717, 1.165) is 17.1 Å². The first-order valence-electron chi connectivity index (χ1n) is 4.98. The van der Waals surface area contributed by atoms with Crippen LogP contribution >= 0.6 is 0 Å². The molecule has 2 N–H and O–H groups in total. The fourth-order valence-corrected chi connectivity index (χ4v) is 1.43. The third kappa shape index (κ3) is 2.48. The van der Waals surface area contributed by atoms with Crippen molar-refractivity contribution in [2.75, 3.05) is 12.8 Å². The van der Waals surface area contributed by atoms with E-state index in [0.29, 0.717) is 12.2 Å². The van der Waals surface area contributed by atoms with Gasteiger partial charge in [-0.05, 0) is 23.8 Å². The van der Waals surface area contributed by atoms with Crippen LogP contribution in [0.4, 0.5) is 5.82 Å². The molecule has 1 heterocycles. The Morgan fingerprint density at radius 3 is 2.56 bits per heavy atom. The molecule has 4 heteroatoms. The molecule has 0 atom stereocenters. The molecular weight excluding hydrogens is 202 g/mol. The van der Waals surface area contributed by atoms with Gasteiger partial charge in [-0.2, -0.15) is 0 Å². The maximum atomic E-state index is 5.59. The van der Waals surface area contributed by atoms with Crippen LogP contribution in [0.3, 0.4) is 0 Å². The molecular formula is C12H13N3O. The number of anilines is 1. The summed E-state index contributed by atoms with van der Waals surface area (Å²) in [5.74, 6) is 2.07. The van der Waals surface area contributed by atoms with Crippen LogP contribution in [0.1, 0.15) is 11.4 Å². The lowest BCUT2D eigenvalue weighted by Crippen LogP contribution is -1.99. The largest absolute Gasteiger partial charge is 0.497 e. The van der Waals surface area contributed by atoms with Crippen LogP contribution in [0, 0.1) is 0 Å². The summed E-state index contributed by atoms with van der Waals surface area (Å²) in [5.41, 5.74) is 6.72. The molecule has 0 radical (unpaired) electrons. The van der Waals surface area contributed by atoms with E-state index in [1.54, 1.807) is 19.4 Å². The van der Waals surface area contributed by atoms with Gasteiger partial charge in [0.2, 0.25) is 0 Å². The first kappa shape index (κ1) is 10.4. The summed E-state index contributed by atoms with van der Waals surface area (Å²) in [5, 5.41) is 0. The smallest absolute Gasteiger partial charge is 0.135 e. The van der Waals surface area contributed by atoms with Crippen LogP contribution in [0.25, 0.3) is 0 Å². The number of rotatable bonds is 3. The normalized spacial score (nSPS) is 10.1. The van der Waals surface area contributed by atoms with Crippen LogP contribution in [0.2, 0.25) is 0 Å². The molecule has 16 heavy (non-hydrogen) atoms. The third-order valence-electron chi connectivity index (χ3n) is 2.25. The van der Waals surface area contributed by atoms with E-state index in [2.05, 4.69) is 9.97 Å². The van der Waals surface area contributed by atoms with Crippen molar-refractivity contribution in [2.24, 2.45) is 0 Å². The molecule has 0 aliphatic rings. The number of hydrogen-bond donors (Lipinski definition) is 1. The van der Waals surface area contributed by atoms with Gasteiger partial charge in [-0.15, -0.1) is 0 Å². The first-order valence-corrected chi connectivity index (χ1v) is 4.98. The van der Waals surface area contributed by atoms with Crippen LogP contribution in [0.15, 0.2) is 36.5 Å². The monoisotopic (exact) mass is 215 g/mol. The average molecular weight is 215 g/mol. The summed E-state index contributed by atoms with van der Waals surface area (Å²) in [7, 11) is 1.65. The molecule has 82 valence electrons. The van der Waals surface area contributed by atoms with Crippen molar-refractivity contribution in [2.45, 2.75) is 6.42 Å². The predicted octanol–water partition coefficient (Wildman–Crippen LogP) is 1.66. The zero-order valence-corrected chi connectivity index (χ0v) is 9.05. The molecule has 0 fully saturated rings. The van der Waals surface area contributed by atoms with Crippen molar-refractivity contribution < 1.29 is 4.74 Å². The number of aromatic nitrogens is 2.